The van der Waals surface area contributed by atoms with Crippen molar-refractivity contribution in [3.05, 3.63) is 57.6 Å². The molecule has 0 saturated carbocycles. The number of hydrogen-bond donors (Lipinski definition) is 1. The van der Waals surface area contributed by atoms with Crippen molar-refractivity contribution < 1.29 is 4.92 Å². The monoisotopic (exact) mass is 242 g/mol. The van der Waals surface area contributed by atoms with Crippen LogP contribution in [0.5, 0.6) is 0 Å². The Morgan fingerprint density at radius 3 is 2.50 bits per heavy atom. The summed E-state index contributed by atoms with van der Waals surface area (Å²) < 4.78 is 0. The van der Waals surface area contributed by atoms with Gasteiger partial charge in [-0.05, 0) is 36.6 Å². The number of rotatable bonds is 2. The number of hydrogen-bond acceptors (Lipinski definition) is 3. The van der Waals surface area contributed by atoms with Gasteiger partial charge in [0, 0.05) is 23.4 Å². The third-order valence-electron chi connectivity index (χ3n) is 3.14. The molecular weight excluding hydrogens is 228 g/mol. The second-order valence-corrected chi connectivity index (χ2v) is 4.28. The zero-order chi connectivity index (χ0) is 13.3. The van der Waals surface area contributed by atoms with Crippen molar-refractivity contribution in [2.24, 2.45) is 0 Å². The molecule has 0 aliphatic rings. The highest BCUT2D eigenvalue weighted by molar-refractivity contribution is 5.80. The maximum atomic E-state index is 10.8. The lowest BCUT2D eigenvalue weighted by molar-refractivity contribution is -0.384. The highest BCUT2D eigenvalue weighted by Crippen LogP contribution is 2.32. The third-order valence-corrected chi connectivity index (χ3v) is 3.14. The maximum Gasteiger partial charge on any atom is 0.270 e. The summed E-state index contributed by atoms with van der Waals surface area (Å²) in [5.41, 5.74) is 10.4. The van der Waals surface area contributed by atoms with Crippen molar-refractivity contribution in [3.63, 3.8) is 0 Å². The first-order chi connectivity index (χ1) is 8.50. The van der Waals surface area contributed by atoms with Crippen molar-refractivity contribution in [1.82, 2.24) is 0 Å². The van der Waals surface area contributed by atoms with Gasteiger partial charge >= 0.3 is 0 Å². The van der Waals surface area contributed by atoms with E-state index in [4.69, 9.17) is 5.73 Å². The molecule has 0 bridgehead atoms. The number of non-ortho nitro benzene ring substituents is 1. The quantitative estimate of drug-likeness (QED) is 0.498. The summed E-state index contributed by atoms with van der Waals surface area (Å²) in [7, 11) is 0. The van der Waals surface area contributed by atoms with Crippen LogP contribution in [0, 0.1) is 24.0 Å². The van der Waals surface area contributed by atoms with Crippen LogP contribution in [0.15, 0.2) is 36.4 Å². The van der Waals surface area contributed by atoms with Crippen molar-refractivity contribution in [2.45, 2.75) is 13.8 Å². The summed E-state index contributed by atoms with van der Waals surface area (Å²) in [5, 5.41) is 10.8. The number of nitrogen functional groups attached to an aromatic ring is 1. The Bertz CT molecular complexity index is 621. The van der Waals surface area contributed by atoms with Crippen LogP contribution in [0.2, 0.25) is 0 Å². The number of nitrogens with zero attached hydrogens (tertiary/aromatic N) is 1. The molecule has 0 aromatic heterocycles. The van der Waals surface area contributed by atoms with Gasteiger partial charge < -0.3 is 5.73 Å². The van der Waals surface area contributed by atoms with Crippen LogP contribution < -0.4 is 5.73 Å². The molecule has 0 radical (unpaired) electrons. The number of nitro groups is 1. The summed E-state index contributed by atoms with van der Waals surface area (Å²) in [4.78, 5) is 10.4. The van der Waals surface area contributed by atoms with Crippen LogP contribution in [0.4, 0.5) is 11.4 Å². The van der Waals surface area contributed by atoms with Gasteiger partial charge in [-0.1, -0.05) is 18.2 Å². The number of aryl methyl sites for hydroxylation is 1. The first-order valence-corrected chi connectivity index (χ1v) is 5.61. The smallest absolute Gasteiger partial charge is 0.270 e. The van der Waals surface area contributed by atoms with Crippen LogP contribution in [0.1, 0.15) is 11.1 Å². The molecule has 0 fully saturated rings. The molecule has 4 heteroatoms. The second kappa shape index (κ2) is 4.49. The van der Waals surface area contributed by atoms with Gasteiger partial charge in [0.25, 0.3) is 5.69 Å². The molecule has 2 rings (SSSR count). The van der Waals surface area contributed by atoms with Crippen LogP contribution in [0.25, 0.3) is 11.1 Å². The summed E-state index contributed by atoms with van der Waals surface area (Å²) in [6.07, 6.45) is 0. The Labute approximate surface area is 105 Å². The number of nitrogens with two attached hydrogens (primary N) is 1. The van der Waals surface area contributed by atoms with Gasteiger partial charge in [0.15, 0.2) is 0 Å². The van der Waals surface area contributed by atoms with E-state index in [1.54, 1.807) is 6.07 Å². The van der Waals surface area contributed by atoms with E-state index in [1.807, 2.05) is 32.0 Å². The molecule has 0 aliphatic carbocycles. The Morgan fingerprint density at radius 2 is 1.83 bits per heavy atom. The van der Waals surface area contributed by atoms with E-state index in [0.29, 0.717) is 11.3 Å². The number of anilines is 1. The molecule has 0 unspecified atom stereocenters. The number of benzene rings is 2. The van der Waals surface area contributed by atoms with Gasteiger partial charge in [-0.2, -0.15) is 0 Å². The molecule has 0 heterocycles. The van der Waals surface area contributed by atoms with E-state index >= 15 is 0 Å². The Morgan fingerprint density at radius 1 is 1.11 bits per heavy atom. The van der Waals surface area contributed by atoms with Crippen molar-refractivity contribution in [2.75, 3.05) is 5.73 Å². The van der Waals surface area contributed by atoms with Gasteiger partial charge in [-0.3, -0.25) is 10.1 Å². The van der Waals surface area contributed by atoms with Crippen molar-refractivity contribution >= 4 is 11.4 Å². The van der Waals surface area contributed by atoms with E-state index in [1.165, 1.54) is 12.1 Å². The predicted octanol–water partition coefficient (Wildman–Crippen LogP) is 3.46. The van der Waals surface area contributed by atoms with E-state index in [2.05, 4.69) is 0 Å². The summed E-state index contributed by atoms with van der Waals surface area (Å²) in [6, 6.07) is 10.4. The van der Waals surface area contributed by atoms with Crippen molar-refractivity contribution in [1.29, 1.82) is 0 Å². The largest absolute Gasteiger partial charge is 0.398 e. The highest BCUT2D eigenvalue weighted by Gasteiger charge is 2.12. The Balaban J connectivity index is 2.66. The molecular formula is C14H14N2O2. The van der Waals surface area contributed by atoms with Gasteiger partial charge in [-0.25, -0.2) is 0 Å². The van der Waals surface area contributed by atoms with Crippen LogP contribution in [-0.4, -0.2) is 4.92 Å². The zero-order valence-electron chi connectivity index (χ0n) is 10.3. The minimum atomic E-state index is -0.409. The topological polar surface area (TPSA) is 69.2 Å². The lowest BCUT2D eigenvalue weighted by atomic mass is 9.95. The Kier molecular flexibility index (Phi) is 3.02. The maximum absolute atomic E-state index is 10.8. The molecule has 0 aliphatic heterocycles. The van der Waals surface area contributed by atoms with Gasteiger partial charge in [0.2, 0.25) is 0 Å². The van der Waals surface area contributed by atoms with Crippen LogP contribution >= 0.6 is 0 Å². The molecule has 0 spiro atoms. The van der Waals surface area contributed by atoms with E-state index in [-0.39, 0.29) is 5.69 Å². The molecule has 0 amide bonds. The summed E-state index contributed by atoms with van der Waals surface area (Å²) >= 11 is 0. The fraction of sp³-hybridized carbons (Fsp3) is 0.143. The minimum absolute atomic E-state index is 0.0557. The van der Waals surface area contributed by atoms with Gasteiger partial charge in [0.05, 0.1) is 4.92 Å². The first-order valence-electron chi connectivity index (χ1n) is 5.61. The average Bonchev–Trinajstić information content (AvgIpc) is 2.33. The van der Waals surface area contributed by atoms with Crippen LogP contribution in [-0.2, 0) is 0 Å². The fourth-order valence-electron chi connectivity index (χ4n) is 1.93. The molecule has 0 saturated heterocycles. The van der Waals surface area contributed by atoms with Crippen LogP contribution in [0.3, 0.4) is 0 Å². The van der Waals surface area contributed by atoms with Crippen molar-refractivity contribution in [3.8, 4) is 11.1 Å². The van der Waals surface area contributed by atoms with E-state index < -0.39 is 4.92 Å². The standard InChI is InChI=1S/C14H14N2O2/c1-9-4-3-5-12(10(9)2)13-8-11(16(17)18)6-7-14(13)15/h3-8H,15H2,1-2H3. The average molecular weight is 242 g/mol. The number of nitro benzene ring substituents is 1. The van der Waals surface area contributed by atoms with Gasteiger partial charge in [-0.15, -0.1) is 0 Å². The highest BCUT2D eigenvalue weighted by atomic mass is 16.6. The summed E-state index contributed by atoms with van der Waals surface area (Å²) in [6.45, 7) is 4.00. The molecule has 2 aromatic carbocycles. The SMILES string of the molecule is Cc1cccc(-c2cc([N+](=O)[O-])ccc2N)c1C. The molecule has 2 N–H and O–H groups in total. The first kappa shape index (κ1) is 12.1. The normalized spacial score (nSPS) is 10.3. The third kappa shape index (κ3) is 2.05. The molecule has 18 heavy (non-hydrogen) atoms. The molecule has 4 nitrogen and oxygen atoms in total. The van der Waals surface area contributed by atoms with E-state index in [0.717, 1.165) is 16.7 Å². The zero-order valence-corrected chi connectivity index (χ0v) is 10.3. The minimum Gasteiger partial charge on any atom is -0.398 e. The Hall–Kier alpha value is -2.36. The summed E-state index contributed by atoms with van der Waals surface area (Å²) in [5.74, 6) is 0. The molecule has 0 atom stereocenters. The second-order valence-electron chi connectivity index (χ2n) is 4.28. The lowest BCUT2D eigenvalue weighted by Crippen LogP contribution is -1.95. The fourth-order valence-corrected chi connectivity index (χ4v) is 1.93. The molecule has 92 valence electrons. The lowest BCUT2D eigenvalue weighted by Gasteiger charge is -2.11. The predicted molar refractivity (Wildman–Crippen MR) is 72.4 cm³/mol. The molecule has 2 aromatic rings. The van der Waals surface area contributed by atoms with Gasteiger partial charge in [0.1, 0.15) is 0 Å². The van der Waals surface area contributed by atoms with E-state index in [9.17, 15) is 10.1 Å².